The lowest BCUT2D eigenvalue weighted by Gasteiger charge is -2.06. The summed E-state index contributed by atoms with van der Waals surface area (Å²) in [6.45, 7) is 2.84. The van der Waals surface area contributed by atoms with E-state index in [0.717, 1.165) is 5.69 Å². The molecule has 0 bridgehead atoms. The van der Waals surface area contributed by atoms with Crippen molar-refractivity contribution in [2.24, 2.45) is 0 Å². The molecule has 1 heterocycles. The Morgan fingerprint density at radius 2 is 2.25 bits per heavy atom. The maximum atomic E-state index is 11.5. The number of amides is 1. The summed E-state index contributed by atoms with van der Waals surface area (Å²) >= 11 is 0. The molecule has 4 nitrogen and oxygen atoms in total. The number of carbonyl (C=O) groups excluding carboxylic acids is 1. The molecule has 1 N–H and O–H groups in total. The number of nitriles is 1. The Kier molecular flexibility index (Phi) is 2.78. The van der Waals surface area contributed by atoms with E-state index in [9.17, 15) is 4.79 Å². The zero-order chi connectivity index (χ0) is 11.5. The molecule has 0 aromatic heterocycles. The van der Waals surface area contributed by atoms with Gasteiger partial charge in [0, 0.05) is 5.69 Å². The number of hydrogen-bond donors (Lipinski definition) is 1. The summed E-state index contributed by atoms with van der Waals surface area (Å²) in [4.78, 5) is 13.1. The van der Waals surface area contributed by atoms with Crippen molar-refractivity contribution in [1.29, 1.82) is 5.26 Å². The maximum Gasteiger partial charge on any atom is 0.243 e. The second-order valence-corrected chi connectivity index (χ2v) is 3.91. The van der Waals surface area contributed by atoms with Gasteiger partial charge >= 0.3 is 0 Å². The van der Waals surface area contributed by atoms with Crippen molar-refractivity contribution in [3.63, 3.8) is 0 Å². The summed E-state index contributed by atoms with van der Waals surface area (Å²) < 4.78 is 0. The van der Waals surface area contributed by atoms with Crippen LogP contribution in [0.2, 0.25) is 0 Å². The third-order valence-electron chi connectivity index (χ3n) is 2.58. The van der Waals surface area contributed by atoms with Gasteiger partial charge in [-0.15, -0.1) is 0 Å². The fourth-order valence-electron chi connectivity index (χ4n) is 1.48. The van der Waals surface area contributed by atoms with E-state index >= 15 is 0 Å². The molecule has 1 fully saturated rings. The highest BCUT2D eigenvalue weighted by Crippen LogP contribution is 2.16. The van der Waals surface area contributed by atoms with E-state index in [1.165, 1.54) is 5.56 Å². The molecule has 0 aliphatic carbocycles. The molecule has 4 heteroatoms. The van der Waals surface area contributed by atoms with Gasteiger partial charge in [0.05, 0.1) is 19.2 Å². The lowest BCUT2D eigenvalue weighted by Crippen LogP contribution is -2.22. The Labute approximate surface area is 94.5 Å². The molecule has 1 aliphatic heterocycles. The van der Waals surface area contributed by atoms with Gasteiger partial charge in [0.15, 0.2) is 0 Å². The monoisotopic (exact) mass is 215 g/mol. The van der Waals surface area contributed by atoms with Crippen LogP contribution in [0, 0.1) is 18.3 Å². The van der Waals surface area contributed by atoms with E-state index in [1.54, 1.807) is 4.90 Å². The second kappa shape index (κ2) is 4.23. The first kappa shape index (κ1) is 10.5. The fourth-order valence-corrected chi connectivity index (χ4v) is 1.48. The van der Waals surface area contributed by atoms with Crippen LogP contribution in [0.1, 0.15) is 5.56 Å². The molecule has 1 aromatic carbocycles. The second-order valence-electron chi connectivity index (χ2n) is 3.91. The molecule has 0 saturated carbocycles. The molecule has 82 valence electrons. The Balaban J connectivity index is 1.82. The molecular weight excluding hydrogens is 202 g/mol. The molecule has 2 rings (SSSR count). The maximum absolute atomic E-state index is 11.5. The van der Waals surface area contributed by atoms with Crippen LogP contribution in [-0.4, -0.2) is 29.9 Å². The highest BCUT2D eigenvalue weighted by atomic mass is 16.2. The van der Waals surface area contributed by atoms with Gasteiger partial charge in [-0.2, -0.15) is 5.26 Å². The molecule has 0 spiro atoms. The van der Waals surface area contributed by atoms with Crippen molar-refractivity contribution in [1.82, 2.24) is 4.90 Å². The van der Waals surface area contributed by atoms with Gasteiger partial charge in [-0.25, -0.2) is 0 Å². The van der Waals surface area contributed by atoms with E-state index in [-0.39, 0.29) is 18.5 Å². The molecule has 16 heavy (non-hydrogen) atoms. The SMILES string of the molecule is Cc1ccc(NCC(=O)N2CC2C#N)cc1. The van der Waals surface area contributed by atoms with Crippen molar-refractivity contribution < 1.29 is 4.79 Å². The van der Waals surface area contributed by atoms with Gasteiger partial charge in [0.25, 0.3) is 0 Å². The minimum absolute atomic E-state index is 0.0212. The number of rotatable bonds is 3. The van der Waals surface area contributed by atoms with E-state index in [2.05, 4.69) is 11.4 Å². The Morgan fingerprint density at radius 3 is 2.81 bits per heavy atom. The van der Waals surface area contributed by atoms with Crippen LogP contribution in [0.5, 0.6) is 0 Å². The zero-order valence-electron chi connectivity index (χ0n) is 9.10. The Morgan fingerprint density at radius 1 is 1.56 bits per heavy atom. The number of hydrogen-bond acceptors (Lipinski definition) is 3. The normalized spacial score (nSPS) is 17.8. The van der Waals surface area contributed by atoms with Crippen LogP contribution in [0.15, 0.2) is 24.3 Å². The molecule has 1 unspecified atom stereocenters. The fraction of sp³-hybridized carbons (Fsp3) is 0.333. The van der Waals surface area contributed by atoms with Gasteiger partial charge in [-0.05, 0) is 19.1 Å². The van der Waals surface area contributed by atoms with Crippen molar-refractivity contribution >= 4 is 11.6 Å². The highest BCUT2D eigenvalue weighted by molar-refractivity contribution is 5.83. The molecule has 1 aromatic rings. The van der Waals surface area contributed by atoms with E-state index in [1.807, 2.05) is 31.2 Å². The smallest absolute Gasteiger partial charge is 0.243 e. The topological polar surface area (TPSA) is 55.9 Å². The molecule has 1 saturated heterocycles. The predicted molar refractivity (Wildman–Crippen MR) is 60.8 cm³/mol. The molecule has 1 amide bonds. The third kappa shape index (κ3) is 2.31. The van der Waals surface area contributed by atoms with Gasteiger partial charge in [0.2, 0.25) is 5.91 Å². The van der Waals surface area contributed by atoms with E-state index in [4.69, 9.17) is 5.26 Å². The van der Waals surface area contributed by atoms with Crippen LogP contribution in [0.25, 0.3) is 0 Å². The largest absolute Gasteiger partial charge is 0.376 e. The first-order valence-electron chi connectivity index (χ1n) is 5.20. The minimum Gasteiger partial charge on any atom is -0.376 e. The van der Waals surface area contributed by atoms with Crippen LogP contribution >= 0.6 is 0 Å². The quantitative estimate of drug-likeness (QED) is 0.769. The summed E-state index contributed by atoms with van der Waals surface area (Å²) in [5.74, 6) is -0.0212. The lowest BCUT2D eigenvalue weighted by atomic mass is 10.2. The number of benzene rings is 1. The highest BCUT2D eigenvalue weighted by Gasteiger charge is 2.37. The van der Waals surface area contributed by atoms with Crippen molar-refractivity contribution in [2.45, 2.75) is 13.0 Å². The molecule has 0 radical (unpaired) electrons. The summed E-state index contributed by atoms with van der Waals surface area (Å²) in [6.07, 6.45) is 0. The van der Waals surface area contributed by atoms with Crippen LogP contribution < -0.4 is 5.32 Å². The van der Waals surface area contributed by atoms with Gasteiger partial charge in [-0.1, -0.05) is 17.7 Å². The first-order valence-corrected chi connectivity index (χ1v) is 5.20. The van der Waals surface area contributed by atoms with E-state index in [0.29, 0.717) is 6.54 Å². The van der Waals surface area contributed by atoms with E-state index < -0.39 is 0 Å². The lowest BCUT2D eigenvalue weighted by molar-refractivity contribution is -0.124. The summed E-state index contributed by atoms with van der Waals surface area (Å²) in [5.41, 5.74) is 2.11. The van der Waals surface area contributed by atoms with Crippen molar-refractivity contribution in [3.05, 3.63) is 29.8 Å². The minimum atomic E-state index is -0.202. The number of nitrogens with zero attached hydrogens (tertiary/aromatic N) is 2. The standard InChI is InChI=1S/C12H13N3O/c1-9-2-4-10(5-3-9)14-7-12(16)15-8-11(15)6-13/h2-5,11,14H,7-8H2,1H3. The molecule has 1 aliphatic rings. The molecule has 1 atom stereocenters. The predicted octanol–water partition coefficient (Wildman–Crippen LogP) is 1.14. The Hall–Kier alpha value is -2.02. The van der Waals surface area contributed by atoms with Gasteiger partial charge in [-0.3, -0.25) is 4.79 Å². The average Bonchev–Trinajstić information content (AvgIpc) is 3.07. The Bertz CT molecular complexity index is 433. The third-order valence-corrected chi connectivity index (χ3v) is 2.58. The summed E-state index contributed by atoms with van der Waals surface area (Å²) in [6, 6.07) is 9.70. The number of anilines is 1. The number of carbonyl (C=O) groups is 1. The van der Waals surface area contributed by atoms with Gasteiger partial charge < -0.3 is 10.2 Å². The van der Waals surface area contributed by atoms with Crippen molar-refractivity contribution in [2.75, 3.05) is 18.4 Å². The van der Waals surface area contributed by atoms with Crippen LogP contribution in [0.4, 0.5) is 5.69 Å². The first-order chi connectivity index (χ1) is 7.70. The zero-order valence-corrected chi connectivity index (χ0v) is 9.10. The summed E-state index contributed by atoms with van der Waals surface area (Å²) in [7, 11) is 0. The number of aryl methyl sites for hydroxylation is 1. The van der Waals surface area contributed by atoms with Crippen molar-refractivity contribution in [3.8, 4) is 6.07 Å². The molecular formula is C12H13N3O. The summed E-state index contributed by atoms with van der Waals surface area (Å²) in [5, 5.41) is 11.6. The van der Waals surface area contributed by atoms with Crippen LogP contribution in [-0.2, 0) is 4.79 Å². The van der Waals surface area contributed by atoms with Gasteiger partial charge in [0.1, 0.15) is 6.04 Å². The number of nitrogens with one attached hydrogen (secondary N) is 1. The average molecular weight is 215 g/mol. The van der Waals surface area contributed by atoms with Crippen LogP contribution in [0.3, 0.4) is 0 Å².